The lowest BCUT2D eigenvalue weighted by Crippen LogP contribution is -2.52. The molecular weight excluding hydrogens is 348 g/mol. The molecule has 0 fully saturated rings. The molecule has 0 amide bonds. The number of para-hydroxylation sites is 1. The van der Waals surface area contributed by atoms with Crippen LogP contribution in [0, 0.1) is 0 Å². The molecule has 1 atom stereocenters. The smallest absolute Gasteiger partial charge is 0.243 e. The quantitative estimate of drug-likeness (QED) is 0.824. The van der Waals surface area contributed by atoms with Crippen molar-refractivity contribution in [1.29, 1.82) is 0 Å². The Morgan fingerprint density at radius 3 is 2.54 bits per heavy atom. The van der Waals surface area contributed by atoms with Crippen LogP contribution in [-0.2, 0) is 10.0 Å². The summed E-state index contributed by atoms with van der Waals surface area (Å²) >= 11 is 0. The number of aromatic hydroxyl groups is 1. The molecule has 0 aromatic heterocycles. The Morgan fingerprint density at radius 1 is 1.15 bits per heavy atom. The van der Waals surface area contributed by atoms with E-state index in [1.54, 1.807) is 6.07 Å². The van der Waals surface area contributed by atoms with Crippen LogP contribution in [-0.4, -0.2) is 25.6 Å². The number of phenols is 1. The van der Waals surface area contributed by atoms with Gasteiger partial charge >= 0.3 is 0 Å². The Kier molecular flexibility index (Phi) is 5.25. The van der Waals surface area contributed by atoms with Crippen molar-refractivity contribution < 1.29 is 13.5 Å². The number of nitrogens with zero attached hydrogens (tertiary/aromatic N) is 1. The van der Waals surface area contributed by atoms with Crippen LogP contribution in [0.4, 0.5) is 11.4 Å². The third-order valence-electron chi connectivity index (χ3n) is 5.09. The summed E-state index contributed by atoms with van der Waals surface area (Å²) in [5, 5.41) is 9.89. The molecule has 1 heterocycles. The third-order valence-corrected chi connectivity index (χ3v) is 6.70. The van der Waals surface area contributed by atoms with Crippen LogP contribution in [0.3, 0.4) is 0 Å². The molecule has 2 aromatic rings. The summed E-state index contributed by atoms with van der Waals surface area (Å²) in [6.45, 7) is 4.68. The van der Waals surface area contributed by atoms with Gasteiger partial charge in [-0.3, -0.25) is 0 Å². The summed E-state index contributed by atoms with van der Waals surface area (Å²) in [5.41, 5.74) is 0.972. The van der Waals surface area contributed by atoms with Crippen molar-refractivity contribution in [3.63, 3.8) is 0 Å². The second-order valence-electron chi connectivity index (χ2n) is 6.92. The number of benzene rings is 2. The van der Waals surface area contributed by atoms with E-state index in [0.29, 0.717) is 18.7 Å². The zero-order valence-corrected chi connectivity index (χ0v) is 16.1. The van der Waals surface area contributed by atoms with Gasteiger partial charge in [0, 0.05) is 18.3 Å². The standard InChI is InChI=1S/C20H26N2O3S/c1-3-5-13-20(4-2)15-22(16-9-7-6-8-10-16)18-12-11-17(23)14-19(18)26(24,25)21-20/h6-12,14,21,23H,3-5,13,15H2,1-2H3/t20-/m0/s1. The van der Waals surface area contributed by atoms with E-state index in [9.17, 15) is 13.5 Å². The number of unbranched alkanes of at least 4 members (excludes halogenated alkanes) is 1. The summed E-state index contributed by atoms with van der Waals surface area (Å²) in [6, 6.07) is 14.3. The molecule has 0 saturated heterocycles. The number of sulfonamides is 1. The topological polar surface area (TPSA) is 69.6 Å². The average Bonchev–Trinajstić information content (AvgIpc) is 2.74. The highest BCUT2D eigenvalue weighted by Crippen LogP contribution is 2.39. The van der Waals surface area contributed by atoms with Crippen LogP contribution < -0.4 is 9.62 Å². The molecule has 2 N–H and O–H groups in total. The first-order valence-corrected chi connectivity index (χ1v) is 10.6. The normalized spacial score (nSPS) is 21.8. The fourth-order valence-electron chi connectivity index (χ4n) is 3.55. The van der Waals surface area contributed by atoms with E-state index in [-0.39, 0.29) is 10.6 Å². The van der Waals surface area contributed by atoms with Crippen LogP contribution in [0.2, 0.25) is 0 Å². The molecule has 1 aliphatic rings. The second kappa shape index (κ2) is 7.29. The van der Waals surface area contributed by atoms with Crippen LogP contribution in [0.15, 0.2) is 53.4 Å². The van der Waals surface area contributed by atoms with Gasteiger partial charge < -0.3 is 10.0 Å². The van der Waals surface area contributed by atoms with E-state index >= 15 is 0 Å². The van der Waals surface area contributed by atoms with Crippen molar-refractivity contribution in [2.45, 2.75) is 50.0 Å². The van der Waals surface area contributed by atoms with E-state index in [2.05, 4.69) is 11.6 Å². The molecule has 0 radical (unpaired) electrons. The molecule has 26 heavy (non-hydrogen) atoms. The summed E-state index contributed by atoms with van der Waals surface area (Å²) in [6.07, 6.45) is 3.40. The fraction of sp³-hybridized carbons (Fsp3) is 0.400. The molecule has 0 bridgehead atoms. The predicted octanol–water partition coefficient (Wildman–Crippen LogP) is 4.16. The van der Waals surface area contributed by atoms with E-state index in [4.69, 9.17) is 0 Å². The molecule has 0 spiro atoms. The number of rotatable bonds is 5. The van der Waals surface area contributed by atoms with Crippen molar-refractivity contribution in [1.82, 2.24) is 4.72 Å². The average molecular weight is 375 g/mol. The van der Waals surface area contributed by atoms with E-state index < -0.39 is 15.6 Å². The Morgan fingerprint density at radius 2 is 1.88 bits per heavy atom. The Bertz CT molecular complexity index is 868. The van der Waals surface area contributed by atoms with Crippen LogP contribution >= 0.6 is 0 Å². The summed E-state index contributed by atoms with van der Waals surface area (Å²) < 4.78 is 29.2. The minimum Gasteiger partial charge on any atom is -0.508 e. The monoisotopic (exact) mass is 374 g/mol. The highest BCUT2D eigenvalue weighted by atomic mass is 32.2. The van der Waals surface area contributed by atoms with E-state index in [1.807, 2.05) is 42.2 Å². The van der Waals surface area contributed by atoms with E-state index in [0.717, 1.165) is 24.9 Å². The Balaban J connectivity index is 2.20. The largest absolute Gasteiger partial charge is 0.508 e. The van der Waals surface area contributed by atoms with Gasteiger partial charge in [0.05, 0.1) is 11.2 Å². The van der Waals surface area contributed by atoms with Crippen molar-refractivity contribution in [2.24, 2.45) is 0 Å². The lowest BCUT2D eigenvalue weighted by Gasteiger charge is -2.36. The van der Waals surface area contributed by atoms with Gasteiger partial charge in [0.15, 0.2) is 0 Å². The SMILES string of the molecule is CCCC[C@@]1(CC)CN(c2ccccc2)c2ccc(O)cc2S(=O)(=O)N1. The third kappa shape index (κ3) is 3.57. The Hall–Kier alpha value is -2.05. The lowest BCUT2D eigenvalue weighted by atomic mass is 9.90. The van der Waals surface area contributed by atoms with Gasteiger partial charge in [-0.2, -0.15) is 0 Å². The molecule has 0 unspecified atom stereocenters. The first-order chi connectivity index (χ1) is 12.4. The number of anilines is 2. The van der Waals surface area contributed by atoms with Gasteiger partial charge in [0.2, 0.25) is 10.0 Å². The maximum atomic E-state index is 13.1. The van der Waals surface area contributed by atoms with Crippen LogP contribution in [0.5, 0.6) is 5.75 Å². The second-order valence-corrected chi connectivity index (χ2v) is 8.57. The molecule has 5 nitrogen and oxygen atoms in total. The molecule has 6 heteroatoms. The van der Waals surface area contributed by atoms with Gasteiger partial charge in [-0.1, -0.05) is 44.9 Å². The van der Waals surface area contributed by atoms with Crippen molar-refractivity contribution in [3.05, 3.63) is 48.5 Å². The van der Waals surface area contributed by atoms with Crippen molar-refractivity contribution in [3.8, 4) is 5.75 Å². The van der Waals surface area contributed by atoms with Crippen molar-refractivity contribution in [2.75, 3.05) is 11.4 Å². The first-order valence-electron chi connectivity index (χ1n) is 9.10. The minimum atomic E-state index is -3.74. The molecule has 2 aromatic carbocycles. The molecule has 0 saturated carbocycles. The number of hydrogen-bond acceptors (Lipinski definition) is 4. The fourth-order valence-corrected chi connectivity index (χ4v) is 5.27. The summed E-state index contributed by atoms with van der Waals surface area (Å²) in [7, 11) is -3.74. The molecule has 1 aliphatic heterocycles. The van der Waals surface area contributed by atoms with Gasteiger partial charge in [-0.15, -0.1) is 0 Å². The number of fused-ring (bicyclic) bond motifs is 1. The number of phenolic OH excluding ortho intramolecular Hbond substituents is 1. The number of nitrogens with one attached hydrogen (secondary N) is 1. The van der Waals surface area contributed by atoms with Crippen molar-refractivity contribution >= 4 is 21.4 Å². The van der Waals surface area contributed by atoms with Gasteiger partial charge in [0.1, 0.15) is 10.6 Å². The first kappa shape index (κ1) is 18.7. The molecular formula is C20H26N2O3S. The minimum absolute atomic E-state index is 0.0558. The molecule has 3 rings (SSSR count). The molecule has 140 valence electrons. The summed E-state index contributed by atoms with van der Waals surface area (Å²) in [5.74, 6) is -0.0558. The highest BCUT2D eigenvalue weighted by Gasteiger charge is 2.40. The van der Waals surface area contributed by atoms with Crippen LogP contribution in [0.1, 0.15) is 39.5 Å². The van der Waals surface area contributed by atoms with Crippen LogP contribution in [0.25, 0.3) is 0 Å². The highest BCUT2D eigenvalue weighted by molar-refractivity contribution is 7.89. The van der Waals surface area contributed by atoms with E-state index in [1.165, 1.54) is 12.1 Å². The van der Waals surface area contributed by atoms with Gasteiger partial charge in [0.25, 0.3) is 0 Å². The zero-order chi connectivity index (χ0) is 18.8. The number of hydrogen-bond donors (Lipinski definition) is 2. The van der Waals surface area contributed by atoms with Gasteiger partial charge in [-0.25, -0.2) is 13.1 Å². The Labute approximate surface area is 155 Å². The lowest BCUT2D eigenvalue weighted by molar-refractivity contribution is 0.341. The predicted molar refractivity (Wildman–Crippen MR) is 104 cm³/mol. The maximum absolute atomic E-state index is 13.1. The zero-order valence-electron chi connectivity index (χ0n) is 15.3. The van der Waals surface area contributed by atoms with Gasteiger partial charge in [-0.05, 0) is 37.1 Å². The molecule has 0 aliphatic carbocycles. The summed E-state index contributed by atoms with van der Waals surface area (Å²) in [4.78, 5) is 2.17. The maximum Gasteiger partial charge on any atom is 0.243 e.